The van der Waals surface area contributed by atoms with Crippen LogP contribution in [-0.4, -0.2) is 22.1 Å². The van der Waals surface area contributed by atoms with Crippen LogP contribution in [0.3, 0.4) is 0 Å². The second-order valence-corrected chi connectivity index (χ2v) is 3.51. The van der Waals surface area contributed by atoms with E-state index in [9.17, 15) is 9.90 Å². The van der Waals surface area contributed by atoms with E-state index < -0.39 is 6.10 Å². The molecule has 0 saturated carbocycles. The molecule has 0 aliphatic carbocycles. The number of aromatic nitrogens is 1. The van der Waals surface area contributed by atoms with E-state index in [0.29, 0.717) is 19.5 Å². The van der Waals surface area contributed by atoms with E-state index in [0.717, 1.165) is 5.69 Å². The van der Waals surface area contributed by atoms with Gasteiger partial charge in [-0.05, 0) is 26.0 Å². The van der Waals surface area contributed by atoms with Crippen molar-refractivity contribution in [2.24, 2.45) is 0 Å². The zero-order chi connectivity index (χ0) is 11.3. The lowest BCUT2D eigenvalue weighted by Crippen LogP contribution is -2.24. The lowest BCUT2D eigenvalue weighted by molar-refractivity contribution is -0.121. The predicted molar refractivity (Wildman–Crippen MR) is 58.4 cm³/mol. The molecule has 1 unspecified atom stereocenters. The number of nitrogens with one attached hydrogen (secondary N) is 1. The van der Waals surface area contributed by atoms with Gasteiger partial charge in [0.1, 0.15) is 0 Å². The summed E-state index contributed by atoms with van der Waals surface area (Å²) in [7, 11) is 0. The lowest BCUT2D eigenvalue weighted by atomic mass is 10.3. The number of aryl methyl sites for hydroxylation is 1. The summed E-state index contributed by atoms with van der Waals surface area (Å²) in [5.74, 6) is 0.0442. The van der Waals surface area contributed by atoms with Gasteiger partial charge < -0.3 is 15.0 Å². The first kappa shape index (κ1) is 11.8. The van der Waals surface area contributed by atoms with Crippen molar-refractivity contribution >= 4 is 5.91 Å². The molecule has 0 fully saturated rings. The molecule has 2 N–H and O–H groups in total. The summed E-state index contributed by atoms with van der Waals surface area (Å²) >= 11 is 0. The maximum Gasteiger partial charge on any atom is 0.221 e. The second-order valence-electron chi connectivity index (χ2n) is 3.51. The molecule has 1 heterocycles. The van der Waals surface area contributed by atoms with E-state index in [4.69, 9.17) is 0 Å². The van der Waals surface area contributed by atoms with Crippen molar-refractivity contribution in [1.82, 2.24) is 9.88 Å². The van der Waals surface area contributed by atoms with Crippen LogP contribution in [0, 0.1) is 0 Å². The van der Waals surface area contributed by atoms with E-state index in [1.54, 1.807) is 6.92 Å². The van der Waals surface area contributed by atoms with Crippen LogP contribution < -0.4 is 5.32 Å². The highest BCUT2D eigenvalue weighted by Gasteiger charge is 2.07. The third-order valence-corrected chi connectivity index (χ3v) is 2.25. The molecule has 1 amide bonds. The zero-order valence-electron chi connectivity index (χ0n) is 9.23. The van der Waals surface area contributed by atoms with Gasteiger partial charge in [0.25, 0.3) is 0 Å². The van der Waals surface area contributed by atoms with E-state index in [1.807, 2.05) is 29.8 Å². The second kappa shape index (κ2) is 5.56. The first-order valence-corrected chi connectivity index (χ1v) is 5.25. The number of carbonyl (C=O) groups is 1. The number of aliphatic hydroxyl groups is 1. The Hall–Kier alpha value is -1.29. The van der Waals surface area contributed by atoms with E-state index in [1.165, 1.54) is 0 Å². The highest BCUT2D eigenvalue weighted by molar-refractivity contribution is 5.75. The van der Waals surface area contributed by atoms with Crippen LogP contribution in [0.15, 0.2) is 18.3 Å². The van der Waals surface area contributed by atoms with Crippen LogP contribution in [-0.2, 0) is 11.3 Å². The minimum absolute atomic E-state index is 0.0442. The van der Waals surface area contributed by atoms with Gasteiger partial charge in [0.2, 0.25) is 5.91 Å². The Morgan fingerprint density at radius 3 is 3.00 bits per heavy atom. The molecule has 84 valence electrons. The summed E-state index contributed by atoms with van der Waals surface area (Å²) < 4.78 is 1.90. The minimum atomic E-state index is -0.491. The summed E-state index contributed by atoms with van der Waals surface area (Å²) in [5.41, 5.74) is 0.847. The Kier molecular flexibility index (Phi) is 4.37. The highest BCUT2D eigenvalue weighted by Crippen LogP contribution is 2.12. The minimum Gasteiger partial charge on any atom is -0.387 e. The van der Waals surface area contributed by atoms with Gasteiger partial charge in [-0.2, -0.15) is 0 Å². The number of hydrogen-bond donors (Lipinski definition) is 2. The molecule has 4 heteroatoms. The van der Waals surface area contributed by atoms with Crippen molar-refractivity contribution in [3.63, 3.8) is 0 Å². The predicted octanol–water partition coefficient (Wildman–Crippen LogP) is 1.07. The van der Waals surface area contributed by atoms with Gasteiger partial charge in [0, 0.05) is 31.4 Å². The van der Waals surface area contributed by atoms with Crippen molar-refractivity contribution < 1.29 is 9.90 Å². The molecule has 0 aliphatic rings. The summed E-state index contributed by atoms with van der Waals surface area (Å²) in [6.07, 6.45) is 1.83. The lowest BCUT2D eigenvalue weighted by Gasteiger charge is -2.10. The fourth-order valence-electron chi connectivity index (χ4n) is 1.52. The molecular formula is C11H18N2O2. The van der Waals surface area contributed by atoms with Crippen molar-refractivity contribution in [2.75, 3.05) is 6.54 Å². The third-order valence-electron chi connectivity index (χ3n) is 2.25. The number of rotatable bonds is 5. The Morgan fingerprint density at radius 1 is 1.67 bits per heavy atom. The molecule has 1 atom stereocenters. The molecule has 0 aromatic carbocycles. The molecule has 0 bridgehead atoms. The smallest absolute Gasteiger partial charge is 0.221 e. The Bertz CT molecular complexity index is 318. The zero-order valence-corrected chi connectivity index (χ0v) is 9.23. The molecule has 1 aromatic rings. The fourth-order valence-corrected chi connectivity index (χ4v) is 1.52. The summed E-state index contributed by atoms with van der Waals surface area (Å²) in [4.78, 5) is 11.2. The number of hydrogen-bond acceptors (Lipinski definition) is 2. The highest BCUT2D eigenvalue weighted by atomic mass is 16.3. The number of amides is 1. The van der Waals surface area contributed by atoms with Crippen molar-refractivity contribution in [3.8, 4) is 0 Å². The third kappa shape index (κ3) is 3.40. The molecule has 1 aromatic heterocycles. The van der Waals surface area contributed by atoms with Crippen LogP contribution >= 0.6 is 0 Å². The molecule has 0 saturated heterocycles. The standard InChI is InChI=1S/C11H18N2O2/c1-3-12-11(15)6-8-13-7-4-5-10(13)9(2)14/h4-5,7,9,14H,3,6,8H2,1-2H3,(H,12,15). The van der Waals surface area contributed by atoms with Gasteiger partial charge >= 0.3 is 0 Å². The monoisotopic (exact) mass is 210 g/mol. The first-order valence-electron chi connectivity index (χ1n) is 5.25. The Balaban J connectivity index is 2.50. The van der Waals surface area contributed by atoms with Crippen molar-refractivity contribution in [1.29, 1.82) is 0 Å². The van der Waals surface area contributed by atoms with E-state index >= 15 is 0 Å². The fraction of sp³-hybridized carbons (Fsp3) is 0.545. The Labute approximate surface area is 89.9 Å². The topological polar surface area (TPSA) is 54.3 Å². The van der Waals surface area contributed by atoms with Gasteiger partial charge in [0.15, 0.2) is 0 Å². The van der Waals surface area contributed by atoms with Crippen LogP contribution in [0.4, 0.5) is 0 Å². The molecule has 15 heavy (non-hydrogen) atoms. The Morgan fingerprint density at radius 2 is 2.40 bits per heavy atom. The average molecular weight is 210 g/mol. The summed E-state index contributed by atoms with van der Waals surface area (Å²) in [6, 6.07) is 3.74. The maximum absolute atomic E-state index is 11.2. The van der Waals surface area contributed by atoms with Crippen molar-refractivity contribution in [2.45, 2.75) is 32.9 Å². The van der Waals surface area contributed by atoms with Gasteiger partial charge in [-0.1, -0.05) is 0 Å². The van der Waals surface area contributed by atoms with Gasteiger partial charge in [0.05, 0.1) is 6.10 Å². The molecular weight excluding hydrogens is 192 g/mol. The molecule has 0 radical (unpaired) electrons. The summed E-state index contributed by atoms with van der Waals surface area (Å²) in [6.45, 7) is 4.89. The quantitative estimate of drug-likeness (QED) is 0.763. The normalized spacial score (nSPS) is 12.5. The summed E-state index contributed by atoms with van der Waals surface area (Å²) in [5, 5.41) is 12.2. The van der Waals surface area contributed by atoms with Crippen molar-refractivity contribution in [3.05, 3.63) is 24.0 Å². The molecule has 0 spiro atoms. The maximum atomic E-state index is 11.2. The number of aliphatic hydroxyl groups excluding tert-OH is 1. The largest absolute Gasteiger partial charge is 0.387 e. The average Bonchev–Trinajstić information content (AvgIpc) is 2.63. The SMILES string of the molecule is CCNC(=O)CCn1cccc1C(C)O. The van der Waals surface area contributed by atoms with Crippen LogP contribution in [0.1, 0.15) is 32.1 Å². The first-order chi connectivity index (χ1) is 7.15. The van der Waals surface area contributed by atoms with Gasteiger partial charge in [-0.15, -0.1) is 0 Å². The molecule has 0 aliphatic heterocycles. The number of nitrogens with zero attached hydrogens (tertiary/aromatic N) is 1. The van der Waals surface area contributed by atoms with Crippen LogP contribution in [0.25, 0.3) is 0 Å². The van der Waals surface area contributed by atoms with Gasteiger partial charge in [-0.25, -0.2) is 0 Å². The van der Waals surface area contributed by atoms with Gasteiger partial charge in [-0.3, -0.25) is 4.79 Å². The van der Waals surface area contributed by atoms with E-state index in [2.05, 4.69) is 5.32 Å². The van der Waals surface area contributed by atoms with Crippen LogP contribution in [0.5, 0.6) is 0 Å². The number of carbonyl (C=O) groups excluding carboxylic acids is 1. The molecule has 4 nitrogen and oxygen atoms in total. The molecule has 1 rings (SSSR count). The van der Waals surface area contributed by atoms with E-state index in [-0.39, 0.29) is 5.91 Å². The van der Waals surface area contributed by atoms with Crippen LogP contribution in [0.2, 0.25) is 0 Å².